The van der Waals surface area contributed by atoms with Crippen LogP contribution in [0.1, 0.15) is 20.3 Å². The van der Waals surface area contributed by atoms with Crippen LogP contribution in [0.25, 0.3) is 0 Å². The highest BCUT2D eigenvalue weighted by Gasteiger charge is 2.59. The fourth-order valence-electron chi connectivity index (χ4n) is 4.68. The minimum absolute atomic E-state index is 0.0293. The van der Waals surface area contributed by atoms with E-state index in [1.165, 1.54) is 4.90 Å². The van der Waals surface area contributed by atoms with E-state index < -0.39 is 18.0 Å². The average Bonchev–Trinajstić information content (AvgIpc) is 3.12. The molecule has 0 aliphatic carbocycles. The van der Waals surface area contributed by atoms with E-state index in [4.69, 9.17) is 0 Å². The molecule has 128 valence electrons. The number of aliphatic hydroxyl groups excluding tert-OH is 1. The lowest BCUT2D eigenvalue weighted by atomic mass is 9.76. The van der Waals surface area contributed by atoms with Crippen LogP contribution in [0.4, 0.5) is 0 Å². The van der Waals surface area contributed by atoms with Crippen molar-refractivity contribution in [2.75, 3.05) is 0 Å². The predicted molar refractivity (Wildman–Crippen MR) is 82.4 cm³/mol. The molecule has 0 radical (unpaired) electrons. The molecule has 0 unspecified atom stereocenters. The van der Waals surface area contributed by atoms with Crippen molar-refractivity contribution < 1.29 is 24.5 Å². The monoisotopic (exact) mass is 332 g/mol. The Morgan fingerprint density at radius 3 is 2.88 bits per heavy atom. The van der Waals surface area contributed by atoms with Crippen molar-refractivity contribution >= 4 is 11.9 Å². The van der Waals surface area contributed by atoms with Crippen molar-refractivity contribution in [3.05, 3.63) is 29.7 Å². The molecule has 4 atom stereocenters. The van der Waals surface area contributed by atoms with Gasteiger partial charge in [-0.25, -0.2) is 4.79 Å². The maximum Gasteiger partial charge on any atom is 0.352 e. The first-order chi connectivity index (χ1) is 11.4. The molecule has 3 aliphatic heterocycles. The van der Waals surface area contributed by atoms with Gasteiger partial charge in [0.05, 0.1) is 30.8 Å². The average molecular weight is 332 g/mol. The standard InChI is InChI=1S/C17H21N3O4/c1-9-12(6-11-7-18-4-3-5-19(18)8-11)15(17(23)24)20-14(9)13(10(2)21)16(20)22/h3-5,9-11,13-14,21H,6-8H2,1-2H3/p+1/t9-,10+,13+,14+/m0/s1. The van der Waals surface area contributed by atoms with Crippen LogP contribution in [0.5, 0.6) is 0 Å². The second-order valence-electron chi connectivity index (χ2n) is 7.24. The topological polar surface area (TPSA) is 86.7 Å². The molecule has 3 aliphatic rings. The lowest BCUT2D eigenvalue weighted by Gasteiger charge is -2.46. The lowest BCUT2D eigenvalue weighted by molar-refractivity contribution is -0.760. The van der Waals surface area contributed by atoms with Gasteiger partial charge in [0.1, 0.15) is 5.70 Å². The number of fused-ring (bicyclic) bond motifs is 2. The van der Waals surface area contributed by atoms with Gasteiger partial charge < -0.3 is 15.1 Å². The van der Waals surface area contributed by atoms with Gasteiger partial charge >= 0.3 is 5.97 Å². The number of hydrogen-bond donors (Lipinski definition) is 2. The van der Waals surface area contributed by atoms with Crippen LogP contribution >= 0.6 is 0 Å². The van der Waals surface area contributed by atoms with Crippen molar-refractivity contribution in [3.8, 4) is 0 Å². The zero-order valence-corrected chi connectivity index (χ0v) is 13.8. The van der Waals surface area contributed by atoms with E-state index in [0.717, 1.165) is 18.7 Å². The molecule has 1 aromatic heterocycles. The Labute approximate surface area is 139 Å². The molecule has 0 saturated carbocycles. The summed E-state index contributed by atoms with van der Waals surface area (Å²) in [6.07, 6.45) is 3.96. The van der Waals surface area contributed by atoms with Crippen molar-refractivity contribution in [2.45, 2.75) is 45.5 Å². The third-order valence-corrected chi connectivity index (χ3v) is 5.76. The highest BCUT2D eigenvalue weighted by atomic mass is 16.4. The minimum atomic E-state index is -1.04. The molecule has 0 aromatic carbocycles. The highest BCUT2D eigenvalue weighted by molar-refractivity contribution is 6.00. The summed E-state index contributed by atoms with van der Waals surface area (Å²) in [5, 5.41) is 19.5. The number of carbonyl (C=O) groups is 2. The fraction of sp³-hybridized carbons (Fsp3) is 0.588. The number of aromatic nitrogens is 2. The van der Waals surface area contributed by atoms with E-state index in [9.17, 15) is 19.8 Å². The molecule has 1 saturated heterocycles. The zero-order valence-electron chi connectivity index (χ0n) is 13.8. The van der Waals surface area contributed by atoms with Gasteiger partial charge in [-0.1, -0.05) is 6.92 Å². The van der Waals surface area contributed by atoms with Crippen LogP contribution in [0.2, 0.25) is 0 Å². The smallest absolute Gasteiger partial charge is 0.352 e. The molecule has 1 aromatic rings. The predicted octanol–water partition coefficient (Wildman–Crippen LogP) is -0.00830. The van der Waals surface area contributed by atoms with Crippen LogP contribution in [-0.4, -0.2) is 43.8 Å². The highest BCUT2D eigenvalue weighted by Crippen LogP contribution is 2.48. The Kier molecular flexibility index (Phi) is 3.32. The molecule has 0 spiro atoms. The molecule has 2 N–H and O–H groups in total. The molecular formula is C17H22N3O4+. The van der Waals surface area contributed by atoms with Crippen molar-refractivity contribution in [1.29, 1.82) is 0 Å². The summed E-state index contributed by atoms with van der Waals surface area (Å²) in [6, 6.07) is 1.78. The maximum absolute atomic E-state index is 12.3. The first kappa shape index (κ1) is 15.4. The number of carbonyl (C=O) groups excluding carboxylic acids is 1. The summed E-state index contributed by atoms with van der Waals surface area (Å²) < 4.78 is 4.26. The number of carboxylic acids is 1. The van der Waals surface area contributed by atoms with Gasteiger partial charge in [0.2, 0.25) is 5.91 Å². The third-order valence-electron chi connectivity index (χ3n) is 5.76. The second kappa shape index (κ2) is 5.17. The minimum Gasteiger partial charge on any atom is -0.477 e. The first-order valence-corrected chi connectivity index (χ1v) is 8.42. The van der Waals surface area contributed by atoms with Gasteiger partial charge in [-0.15, -0.1) is 4.68 Å². The van der Waals surface area contributed by atoms with Gasteiger partial charge in [0, 0.05) is 17.9 Å². The quantitative estimate of drug-likeness (QED) is 0.600. The maximum atomic E-state index is 12.3. The van der Waals surface area contributed by atoms with Crippen LogP contribution in [-0.2, 0) is 22.7 Å². The number of amides is 1. The van der Waals surface area contributed by atoms with E-state index in [1.807, 2.05) is 25.4 Å². The molecular weight excluding hydrogens is 310 g/mol. The Morgan fingerprint density at radius 2 is 2.25 bits per heavy atom. The Balaban J connectivity index is 1.61. The first-order valence-electron chi connectivity index (χ1n) is 8.42. The summed E-state index contributed by atoms with van der Waals surface area (Å²) >= 11 is 0. The number of aliphatic hydroxyl groups is 1. The Bertz CT molecular complexity index is 730. The summed E-state index contributed by atoms with van der Waals surface area (Å²) in [5.74, 6) is -1.49. The van der Waals surface area contributed by atoms with E-state index in [1.54, 1.807) is 6.92 Å². The van der Waals surface area contributed by atoms with Crippen molar-refractivity contribution in [2.24, 2.45) is 17.8 Å². The molecule has 4 heterocycles. The molecule has 0 bridgehead atoms. The van der Waals surface area contributed by atoms with E-state index >= 15 is 0 Å². The number of rotatable bonds is 4. The Hall–Kier alpha value is -2.15. The summed E-state index contributed by atoms with van der Waals surface area (Å²) in [5.41, 5.74) is 0.997. The molecule has 7 heteroatoms. The van der Waals surface area contributed by atoms with Crippen molar-refractivity contribution in [1.82, 2.24) is 9.58 Å². The number of β-lactam (4-membered cyclic amide) rings is 1. The van der Waals surface area contributed by atoms with Gasteiger partial charge in [-0.2, -0.15) is 4.68 Å². The van der Waals surface area contributed by atoms with Crippen LogP contribution < -0.4 is 4.68 Å². The molecule has 4 rings (SSSR count). The third kappa shape index (κ3) is 1.97. The van der Waals surface area contributed by atoms with Gasteiger partial charge in [0.25, 0.3) is 0 Å². The molecule has 7 nitrogen and oxygen atoms in total. The van der Waals surface area contributed by atoms with Crippen LogP contribution in [0.3, 0.4) is 0 Å². The second-order valence-corrected chi connectivity index (χ2v) is 7.24. The summed E-state index contributed by atoms with van der Waals surface area (Å²) in [6.45, 7) is 5.29. The summed E-state index contributed by atoms with van der Waals surface area (Å²) in [7, 11) is 0. The Morgan fingerprint density at radius 1 is 1.50 bits per heavy atom. The van der Waals surface area contributed by atoms with Crippen LogP contribution in [0.15, 0.2) is 29.7 Å². The molecule has 1 amide bonds. The number of carboxylic acid groups (broad SMARTS) is 1. The van der Waals surface area contributed by atoms with E-state index in [2.05, 4.69) is 9.36 Å². The zero-order chi connectivity index (χ0) is 17.2. The number of hydrogen-bond acceptors (Lipinski definition) is 3. The lowest BCUT2D eigenvalue weighted by Crippen LogP contribution is -2.63. The van der Waals surface area contributed by atoms with Gasteiger partial charge in [-0.3, -0.25) is 4.79 Å². The molecule has 1 fully saturated rings. The number of nitrogens with zero attached hydrogens (tertiary/aromatic N) is 3. The van der Waals surface area contributed by atoms with E-state index in [0.29, 0.717) is 12.3 Å². The fourth-order valence-corrected chi connectivity index (χ4v) is 4.68. The number of aliphatic carboxylic acids is 1. The van der Waals surface area contributed by atoms with Gasteiger partial charge in [0.15, 0.2) is 12.7 Å². The van der Waals surface area contributed by atoms with E-state index in [-0.39, 0.29) is 23.6 Å². The molecule has 24 heavy (non-hydrogen) atoms. The van der Waals surface area contributed by atoms with Gasteiger partial charge in [-0.05, 0) is 18.9 Å². The van der Waals surface area contributed by atoms with Crippen LogP contribution in [0, 0.1) is 17.8 Å². The SMILES string of the molecule is C[C@@H](O)[C@H]1C(=O)N2C(C(=O)O)=C(CC3Cn4ccc[n+]4C3)[C@H](C)[C@H]12. The largest absolute Gasteiger partial charge is 0.477 e. The normalized spacial score (nSPS) is 32.6. The van der Waals surface area contributed by atoms with Crippen molar-refractivity contribution in [3.63, 3.8) is 0 Å². The summed E-state index contributed by atoms with van der Waals surface area (Å²) in [4.78, 5) is 25.5.